The lowest BCUT2D eigenvalue weighted by molar-refractivity contribution is -0.130. The van der Waals surface area contributed by atoms with Crippen LogP contribution < -0.4 is 5.32 Å². The molecule has 0 saturated carbocycles. The first-order valence-corrected chi connectivity index (χ1v) is 6.29. The lowest BCUT2D eigenvalue weighted by atomic mass is 9.70. The molecule has 3 fully saturated rings. The molecule has 98 valence electrons. The molecular formula is C12H21ClN2O2. The molecule has 17 heavy (non-hydrogen) atoms. The average Bonchev–Trinajstić information content (AvgIpc) is 2.84. The van der Waals surface area contributed by atoms with Gasteiger partial charge >= 0.3 is 0 Å². The van der Waals surface area contributed by atoms with Gasteiger partial charge in [-0.15, -0.1) is 12.4 Å². The zero-order valence-corrected chi connectivity index (χ0v) is 11.1. The van der Waals surface area contributed by atoms with Crippen LogP contribution >= 0.6 is 12.4 Å². The molecule has 3 aliphatic heterocycles. The van der Waals surface area contributed by atoms with E-state index in [0.29, 0.717) is 17.4 Å². The van der Waals surface area contributed by atoms with Crippen LogP contribution in [0.3, 0.4) is 0 Å². The maximum Gasteiger partial charge on any atom is 0.219 e. The fourth-order valence-electron chi connectivity index (χ4n) is 3.81. The number of piperidine rings is 1. The minimum absolute atomic E-state index is 0. The summed E-state index contributed by atoms with van der Waals surface area (Å²) in [5, 5.41) is 3.42. The van der Waals surface area contributed by atoms with Gasteiger partial charge in [-0.2, -0.15) is 0 Å². The van der Waals surface area contributed by atoms with Crippen LogP contribution in [0.5, 0.6) is 0 Å². The summed E-state index contributed by atoms with van der Waals surface area (Å²) in [5.41, 5.74) is 0.345. The van der Waals surface area contributed by atoms with Crippen molar-refractivity contribution in [2.24, 2.45) is 11.3 Å². The molecular weight excluding hydrogens is 240 g/mol. The molecule has 5 heteroatoms. The van der Waals surface area contributed by atoms with E-state index in [4.69, 9.17) is 4.74 Å². The number of ether oxygens (including phenoxy) is 1. The Labute approximate surface area is 108 Å². The molecule has 0 aromatic rings. The molecule has 4 nitrogen and oxygen atoms in total. The number of likely N-dealkylation sites (tertiary alicyclic amines) is 1. The standard InChI is InChI=1S/C12H20N2O2.ClH/c1-9(15)14-8-12(2-4-13-5-3-12)10-6-16-7-11(10)14;/h10-11,13H,2-8H2,1H3;1H. The van der Waals surface area contributed by atoms with E-state index in [1.54, 1.807) is 6.92 Å². The molecule has 3 aliphatic rings. The molecule has 3 saturated heterocycles. The number of carbonyl (C=O) groups excluding carboxylic acids is 1. The van der Waals surface area contributed by atoms with Crippen LogP contribution in [0.4, 0.5) is 0 Å². The second-order valence-electron chi connectivity index (χ2n) is 5.47. The molecule has 0 aromatic carbocycles. The summed E-state index contributed by atoms with van der Waals surface area (Å²) in [6.07, 6.45) is 2.39. The molecule has 2 unspecified atom stereocenters. The summed E-state index contributed by atoms with van der Waals surface area (Å²) < 4.78 is 5.61. The van der Waals surface area contributed by atoms with E-state index in [1.807, 2.05) is 0 Å². The second-order valence-corrected chi connectivity index (χ2v) is 5.47. The quantitative estimate of drug-likeness (QED) is 0.696. The van der Waals surface area contributed by atoms with E-state index in [2.05, 4.69) is 10.2 Å². The Morgan fingerprint density at radius 3 is 2.71 bits per heavy atom. The van der Waals surface area contributed by atoms with Crippen LogP contribution in [0.25, 0.3) is 0 Å². The van der Waals surface area contributed by atoms with Gasteiger partial charge in [0.2, 0.25) is 5.91 Å². The van der Waals surface area contributed by atoms with Crippen LogP contribution in [0.1, 0.15) is 19.8 Å². The van der Waals surface area contributed by atoms with Crippen molar-refractivity contribution in [2.75, 3.05) is 32.8 Å². The lowest BCUT2D eigenvalue weighted by Gasteiger charge is -2.37. The first-order chi connectivity index (χ1) is 7.73. The van der Waals surface area contributed by atoms with Gasteiger partial charge in [0.1, 0.15) is 0 Å². The third kappa shape index (κ3) is 1.96. The number of nitrogens with one attached hydrogen (secondary N) is 1. The minimum Gasteiger partial charge on any atom is -0.379 e. The summed E-state index contributed by atoms with van der Waals surface area (Å²) >= 11 is 0. The Morgan fingerprint density at radius 2 is 2.06 bits per heavy atom. The van der Waals surface area contributed by atoms with E-state index >= 15 is 0 Å². The van der Waals surface area contributed by atoms with Gasteiger partial charge in [0, 0.05) is 19.4 Å². The number of halogens is 1. The zero-order valence-electron chi connectivity index (χ0n) is 10.3. The summed E-state index contributed by atoms with van der Waals surface area (Å²) in [6.45, 7) is 6.44. The molecule has 0 aliphatic carbocycles. The summed E-state index contributed by atoms with van der Waals surface area (Å²) in [7, 11) is 0. The van der Waals surface area contributed by atoms with Crippen molar-refractivity contribution in [3.63, 3.8) is 0 Å². The second kappa shape index (κ2) is 4.75. The highest BCUT2D eigenvalue weighted by atomic mass is 35.5. The maximum absolute atomic E-state index is 11.7. The molecule has 0 bridgehead atoms. The van der Waals surface area contributed by atoms with Crippen molar-refractivity contribution in [1.82, 2.24) is 10.2 Å². The van der Waals surface area contributed by atoms with Gasteiger partial charge in [0.05, 0.1) is 19.3 Å². The Morgan fingerprint density at radius 1 is 1.35 bits per heavy atom. The molecule has 0 aromatic heterocycles. The van der Waals surface area contributed by atoms with Crippen molar-refractivity contribution in [2.45, 2.75) is 25.8 Å². The van der Waals surface area contributed by atoms with E-state index in [1.165, 1.54) is 12.8 Å². The Balaban J connectivity index is 0.00000108. The fourth-order valence-corrected chi connectivity index (χ4v) is 3.81. The van der Waals surface area contributed by atoms with Crippen LogP contribution in [0.2, 0.25) is 0 Å². The Kier molecular flexibility index (Phi) is 3.66. The van der Waals surface area contributed by atoms with Crippen LogP contribution in [-0.4, -0.2) is 49.7 Å². The number of amides is 1. The van der Waals surface area contributed by atoms with Crippen molar-refractivity contribution in [1.29, 1.82) is 0 Å². The number of fused-ring (bicyclic) bond motifs is 2. The SMILES string of the molecule is CC(=O)N1CC2(CCNCC2)C2COCC21.Cl. The van der Waals surface area contributed by atoms with Gasteiger partial charge in [0.25, 0.3) is 0 Å². The zero-order chi connectivity index (χ0) is 11.2. The third-order valence-electron chi connectivity index (χ3n) is 4.73. The minimum atomic E-state index is 0. The van der Waals surface area contributed by atoms with E-state index in [9.17, 15) is 4.79 Å². The van der Waals surface area contributed by atoms with Gasteiger partial charge in [-0.1, -0.05) is 0 Å². The lowest BCUT2D eigenvalue weighted by Crippen LogP contribution is -2.43. The number of nitrogens with zero attached hydrogens (tertiary/aromatic N) is 1. The highest BCUT2D eigenvalue weighted by Gasteiger charge is 2.55. The van der Waals surface area contributed by atoms with Gasteiger partial charge < -0.3 is 15.0 Å². The molecule has 2 atom stereocenters. The number of hydrogen-bond acceptors (Lipinski definition) is 3. The smallest absolute Gasteiger partial charge is 0.219 e. The van der Waals surface area contributed by atoms with E-state index in [0.717, 1.165) is 32.8 Å². The normalized spacial score (nSPS) is 34.5. The highest BCUT2D eigenvalue weighted by Crippen LogP contribution is 2.49. The van der Waals surface area contributed by atoms with Crippen LogP contribution in [0.15, 0.2) is 0 Å². The predicted octanol–water partition coefficient (Wildman–Crippen LogP) is 0.655. The van der Waals surface area contributed by atoms with Gasteiger partial charge in [-0.3, -0.25) is 4.79 Å². The third-order valence-corrected chi connectivity index (χ3v) is 4.73. The van der Waals surface area contributed by atoms with E-state index in [-0.39, 0.29) is 18.3 Å². The number of carbonyl (C=O) groups is 1. The average molecular weight is 261 g/mol. The van der Waals surface area contributed by atoms with E-state index < -0.39 is 0 Å². The highest BCUT2D eigenvalue weighted by molar-refractivity contribution is 5.85. The first-order valence-electron chi connectivity index (χ1n) is 6.29. The van der Waals surface area contributed by atoms with Crippen LogP contribution in [-0.2, 0) is 9.53 Å². The van der Waals surface area contributed by atoms with Gasteiger partial charge in [-0.05, 0) is 31.3 Å². The van der Waals surface area contributed by atoms with Crippen molar-refractivity contribution < 1.29 is 9.53 Å². The Hall–Kier alpha value is -0.320. The molecule has 1 spiro atoms. The summed E-state index contributed by atoms with van der Waals surface area (Å²) in [6, 6.07) is 0.357. The molecule has 3 rings (SSSR count). The number of rotatable bonds is 0. The van der Waals surface area contributed by atoms with Crippen molar-refractivity contribution in [3.05, 3.63) is 0 Å². The van der Waals surface area contributed by atoms with Gasteiger partial charge in [0.15, 0.2) is 0 Å². The van der Waals surface area contributed by atoms with Crippen LogP contribution in [0, 0.1) is 11.3 Å². The molecule has 1 N–H and O–H groups in total. The molecule has 1 amide bonds. The summed E-state index contributed by atoms with van der Waals surface area (Å²) in [4.78, 5) is 13.7. The molecule has 0 radical (unpaired) electrons. The largest absolute Gasteiger partial charge is 0.379 e. The van der Waals surface area contributed by atoms with Crippen molar-refractivity contribution in [3.8, 4) is 0 Å². The number of hydrogen-bond donors (Lipinski definition) is 1. The van der Waals surface area contributed by atoms with Gasteiger partial charge in [-0.25, -0.2) is 0 Å². The maximum atomic E-state index is 11.7. The monoisotopic (exact) mass is 260 g/mol. The first kappa shape index (κ1) is 13.1. The topological polar surface area (TPSA) is 41.6 Å². The fraction of sp³-hybridized carbons (Fsp3) is 0.917. The molecule has 3 heterocycles. The summed E-state index contributed by atoms with van der Waals surface area (Å²) in [5.74, 6) is 0.800. The van der Waals surface area contributed by atoms with Crippen molar-refractivity contribution >= 4 is 18.3 Å². The Bertz CT molecular complexity index is 305. The predicted molar refractivity (Wildman–Crippen MR) is 67.3 cm³/mol.